The van der Waals surface area contributed by atoms with Gasteiger partial charge < -0.3 is 20.5 Å². The van der Waals surface area contributed by atoms with Gasteiger partial charge >= 0.3 is 6.03 Å². The Kier molecular flexibility index (Phi) is 6.17. The third kappa shape index (κ3) is 6.27. The highest BCUT2D eigenvalue weighted by molar-refractivity contribution is 5.94. The number of hydrogen-bond acceptors (Lipinski definition) is 5. The Morgan fingerprint density at radius 2 is 1.95 bits per heavy atom. The van der Waals surface area contributed by atoms with Gasteiger partial charge in [-0.3, -0.25) is 10.1 Å². The number of imide groups is 1. The van der Waals surface area contributed by atoms with E-state index in [-0.39, 0.29) is 6.61 Å². The molecule has 0 aliphatic heterocycles. The number of nitrogens with two attached hydrogens (primary N) is 1. The first-order valence-corrected chi connectivity index (χ1v) is 5.67. The second-order valence-corrected chi connectivity index (χ2v) is 3.65. The fourth-order valence-electron chi connectivity index (χ4n) is 1.19. The topological polar surface area (TPSA) is 103 Å². The van der Waals surface area contributed by atoms with Crippen LogP contribution in [0.5, 0.6) is 5.75 Å². The zero-order valence-electron chi connectivity index (χ0n) is 10.6. The number of urea groups is 1. The van der Waals surface area contributed by atoms with E-state index < -0.39 is 11.9 Å². The molecule has 0 atom stereocenters. The predicted molar refractivity (Wildman–Crippen MR) is 69.8 cm³/mol. The van der Waals surface area contributed by atoms with Crippen LogP contribution in [0.15, 0.2) is 24.3 Å². The Labute approximate surface area is 111 Å². The van der Waals surface area contributed by atoms with Crippen LogP contribution in [0, 0.1) is 0 Å². The zero-order chi connectivity index (χ0) is 14.1. The molecule has 0 spiro atoms. The summed E-state index contributed by atoms with van der Waals surface area (Å²) in [5.41, 5.74) is 6.11. The summed E-state index contributed by atoms with van der Waals surface area (Å²) in [6, 6.07) is 6.01. The van der Waals surface area contributed by atoms with Crippen LogP contribution in [0.25, 0.3) is 0 Å². The minimum Gasteiger partial charge on any atom is -0.484 e. The molecule has 0 saturated heterocycles. The van der Waals surface area contributed by atoms with Crippen molar-refractivity contribution in [3.8, 4) is 5.75 Å². The standard InChI is InChI=1S/C12H17N3O4/c1-18-7-6-14-12(17)15-11(16)8-19-10-4-2-9(13)3-5-10/h2-5H,6-8,13H2,1H3,(H2,14,15,16,17). The molecule has 0 aromatic heterocycles. The predicted octanol–water partition coefficient (Wildman–Crippen LogP) is 0.120. The van der Waals surface area contributed by atoms with E-state index in [1.807, 2.05) is 0 Å². The van der Waals surface area contributed by atoms with Crippen LogP contribution in [-0.2, 0) is 9.53 Å². The molecular weight excluding hydrogens is 250 g/mol. The third-order valence-electron chi connectivity index (χ3n) is 2.09. The second kappa shape index (κ2) is 7.93. The van der Waals surface area contributed by atoms with Crippen molar-refractivity contribution < 1.29 is 19.1 Å². The molecule has 3 amide bonds. The number of benzene rings is 1. The zero-order valence-corrected chi connectivity index (χ0v) is 10.6. The fraction of sp³-hybridized carbons (Fsp3) is 0.333. The maximum Gasteiger partial charge on any atom is 0.321 e. The first kappa shape index (κ1) is 14.8. The largest absolute Gasteiger partial charge is 0.484 e. The summed E-state index contributed by atoms with van der Waals surface area (Å²) < 4.78 is 9.93. The summed E-state index contributed by atoms with van der Waals surface area (Å²) in [4.78, 5) is 22.6. The van der Waals surface area contributed by atoms with Crippen molar-refractivity contribution in [1.29, 1.82) is 0 Å². The van der Waals surface area contributed by atoms with Gasteiger partial charge in [0.05, 0.1) is 6.61 Å². The lowest BCUT2D eigenvalue weighted by atomic mass is 10.3. The maximum absolute atomic E-state index is 11.4. The fourth-order valence-corrected chi connectivity index (χ4v) is 1.19. The number of carbonyl (C=O) groups excluding carboxylic acids is 2. The van der Waals surface area contributed by atoms with E-state index in [1.54, 1.807) is 24.3 Å². The molecule has 1 aromatic rings. The molecule has 4 N–H and O–H groups in total. The van der Waals surface area contributed by atoms with Crippen LogP contribution in [0.3, 0.4) is 0 Å². The molecule has 7 nitrogen and oxygen atoms in total. The molecule has 0 heterocycles. The SMILES string of the molecule is COCCNC(=O)NC(=O)COc1ccc(N)cc1. The van der Waals surface area contributed by atoms with Crippen LogP contribution in [0.1, 0.15) is 0 Å². The lowest BCUT2D eigenvalue weighted by Gasteiger charge is -2.08. The molecule has 0 aliphatic carbocycles. The van der Waals surface area contributed by atoms with Crippen molar-refractivity contribution >= 4 is 17.6 Å². The average Bonchev–Trinajstić information content (AvgIpc) is 2.38. The molecular formula is C12H17N3O4. The first-order chi connectivity index (χ1) is 9.11. The monoisotopic (exact) mass is 267 g/mol. The third-order valence-corrected chi connectivity index (χ3v) is 2.09. The van der Waals surface area contributed by atoms with Gasteiger partial charge in [-0.2, -0.15) is 0 Å². The Bertz CT molecular complexity index is 419. The molecule has 1 rings (SSSR count). The molecule has 0 fully saturated rings. The van der Waals surface area contributed by atoms with Crippen molar-refractivity contribution in [2.24, 2.45) is 0 Å². The molecule has 0 bridgehead atoms. The van der Waals surface area contributed by atoms with Gasteiger partial charge in [0.1, 0.15) is 5.75 Å². The number of nitrogens with one attached hydrogen (secondary N) is 2. The summed E-state index contributed by atoms with van der Waals surface area (Å²) >= 11 is 0. The van der Waals surface area contributed by atoms with Gasteiger partial charge in [0.25, 0.3) is 5.91 Å². The molecule has 1 aromatic carbocycles. The van der Waals surface area contributed by atoms with Crippen molar-refractivity contribution in [3.63, 3.8) is 0 Å². The molecule has 0 radical (unpaired) electrons. The minimum atomic E-state index is -0.581. The van der Waals surface area contributed by atoms with Gasteiger partial charge in [-0.05, 0) is 24.3 Å². The van der Waals surface area contributed by atoms with E-state index in [1.165, 1.54) is 7.11 Å². The minimum absolute atomic E-state index is 0.248. The Hall–Kier alpha value is -2.28. The smallest absolute Gasteiger partial charge is 0.321 e. The molecule has 19 heavy (non-hydrogen) atoms. The lowest BCUT2D eigenvalue weighted by molar-refractivity contribution is -0.122. The van der Waals surface area contributed by atoms with Gasteiger partial charge in [0, 0.05) is 19.3 Å². The Balaban J connectivity index is 2.24. The van der Waals surface area contributed by atoms with Crippen LogP contribution in [0.4, 0.5) is 10.5 Å². The number of methoxy groups -OCH3 is 1. The first-order valence-electron chi connectivity index (χ1n) is 5.67. The number of amides is 3. The normalized spacial score (nSPS) is 9.74. The van der Waals surface area contributed by atoms with E-state index in [0.29, 0.717) is 24.6 Å². The van der Waals surface area contributed by atoms with Gasteiger partial charge in [-0.15, -0.1) is 0 Å². The van der Waals surface area contributed by atoms with Gasteiger partial charge in [0.2, 0.25) is 0 Å². The number of ether oxygens (including phenoxy) is 2. The van der Waals surface area contributed by atoms with Crippen molar-refractivity contribution in [3.05, 3.63) is 24.3 Å². The van der Waals surface area contributed by atoms with E-state index in [2.05, 4.69) is 10.6 Å². The van der Waals surface area contributed by atoms with Crippen molar-refractivity contribution in [2.45, 2.75) is 0 Å². The van der Waals surface area contributed by atoms with E-state index in [4.69, 9.17) is 15.2 Å². The number of hydrogen-bond donors (Lipinski definition) is 3. The molecule has 7 heteroatoms. The molecule has 0 unspecified atom stereocenters. The number of rotatable bonds is 6. The summed E-state index contributed by atoms with van der Waals surface area (Å²) in [6.07, 6.45) is 0. The van der Waals surface area contributed by atoms with Crippen LogP contribution >= 0.6 is 0 Å². The Morgan fingerprint density at radius 3 is 2.58 bits per heavy atom. The van der Waals surface area contributed by atoms with Gasteiger partial charge in [-0.1, -0.05) is 0 Å². The number of nitrogen functional groups attached to an aromatic ring is 1. The van der Waals surface area contributed by atoms with E-state index in [0.717, 1.165) is 0 Å². The Morgan fingerprint density at radius 1 is 1.26 bits per heavy atom. The lowest BCUT2D eigenvalue weighted by Crippen LogP contribution is -2.42. The molecule has 0 saturated carbocycles. The second-order valence-electron chi connectivity index (χ2n) is 3.65. The number of anilines is 1. The highest BCUT2D eigenvalue weighted by atomic mass is 16.5. The molecule has 0 aliphatic rings. The van der Waals surface area contributed by atoms with Crippen molar-refractivity contribution in [2.75, 3.05) is 32.6 Å². The highest BCUT2D eigenvalue weighted by Crippen LogP contribution is 2.12. The van der Waals surface area contributed by atoms with Gasteiger partial charge in [-0.25, -0.2) is 4.79 Å². The highest BCUT2D eigenvalue weighted by Gasteiger charge is 2.07. The summed E-state index contributed by atoms with van der Waals surface area (Å²) in [6.45, 7) is 0.458. The summed E-state index contributed by atoms with van der Waals surface area (Å²) in [5.74, 6) is -0.0316. The van der Waals surface area contributed by atoms with Crippen LogP contribution in [0.2, 0.25) is 0 Å². The van der Waals surface area contributed by atoms with E-state index in [9.17, 15) is 9.59 Å². The quantitative estimate of drug-likeness (QED) is 0.502. The average molecular weight is 267 g/mol. The van der Waals surface area contributed by atoms with Crippen LogP contribution < -0.4 is 21.1 Å². The summed E-state index contributed by atoms with van der Waals surface area (Å²) in [5, 5.41) is 4.58. The summed E-state index contributed by atoms with van der Waals surface area (Å²) in [7, 11) is 1.52. The molecule has 104 valence electrons. The number of carbonyl (C=O) groups is 2. The van der Waals surface area contributed by atoms with Crippen LogP contribution in [-0.4, -0.2) is 38.8 Å². The van der Waals surface area contributed by atoms with E-state index >= 15 is 0 Å². The van der Waals surface area contributed by atoms with Crippen molar-refractivity contribution in [1.82, 2.24) is 10.6 Å². The maximum atomic E-state index is 11.4. The van der Waals surface area contributed by atoms with Gasteiger partial charge in [0.15, 0.2) is 6.61 Å².